The van der Waals surface area contributed by atoms with Crippen molar-refractivity contribution in [2.75, 3.05) is 0 Å². The number of rotatable bonds is 3. The van der Waals surface area contributed by atoms with Crippen molar-refractivity contribution >= 4 is 28.5 Å². The van der Waals surface area contributed by atoms with Gasteiger partial charge in [0.15, 0.2) is 5.43 Å². The zero-order valence-corrected chi connectivity index (χ0v) is 17.2. The largest absolute Gasteiger partial charge is 0.467 e. The summed E-state index contributed by atoms with van der Waals surface area (Å²) in [5.41, 5.74) is 3.18. The van der Waals surface area contributed by atoms with E-state index in [0.29, 0.717) is 27.3 Å². The minimum absolute atomic E-state index is 0.0870. The van der Waals surface area contributed by atoms with Crippen molar-refractivity contribution in [1.29, 1.82) is 0 Å². The van der Waals surface area contributed by atoms with Crippen LogP contribution < -0.4 is 5.43 Å². The first kappa shape index (κ1) is 18.7. The third kappa shape index (κ3) is 2.85. The molecule has 0 unspecified atom stereocenters. The third-order valence-electron chi connectivity index (χ3n) is 5.50. The molecule has 1 amide bonds. The summed E-state index contributed by atoms with van der Waals surface area (Å²) in [6.45, 7) is 4.03. The highest BCUT2D eigenvalue weighted by molar-refractivity contribution is 6.30. The van der Waals surface area contributed by atoms with Gasteiger partial charge in [-0.05, 0) is 60.9 Å². The summed E-state index contributed by atoms with van der Waals surface area (Å²) in [6.07, 6.45) is 1.56. The first-order chi connectivity index (χ1) is 14.4. The molecule has 0 radical (unpaired) electrons. The molecule has 1 aliphatic heterocycles. The number of hydrogen-bond donors (Lipinski definition) is 0. The lowest BCUT2D eigenvalue weighted by Gasteiger charge is -2.24. The van der Waals surface area contributed by atoms with Crippen LogP contribution in [-0.4, -0.2) is 10.8 Å². The predicted octanol–water partition coefficient (Wildman–Crippen LogP) is 5.40. The summed E-state index contributed by atoms with van der Waals surface area (Å²) >= 11 is 6.07. The van der Waals surface area contributed by atoms with Gasteiger partial charge >= 0.3 is 0 Å². The van der Waals surface area contributed by atoms with Gasteiger partial charge in [-0.2, -0.15) is 0 Å². The van der Waals surface area contributed by atoms with Crippen molar-refractivity contribution in [3.05, 3.63) is 104 Å². The van der Waals surface area contributed by atoms with Gasteiger partial charge in [0.2, 0.25) is 5.76 Å². The van der Waals surface area contributed by atoms with Crippen LogP contribution in [0.5, 0.6) is 0 Å². The van der Waals surface area contributed by atoms with Crippen LogP contribution in [0.3, 0.4) is 0 Å². The normalized spacial score (nSPS) is 15.8. The number of furan rings is 1. The van der Waals surface area contributed by atoms with E-state index in [1.807, 2.05) is 32.0 Å². The molecular weight excluding hydrogens is 402 g/mol. The number of carbonyl (C=O) groups is 1. The van der Waals surface area contributed by atoms with E-state index in [9.17, 15) is 9.59 Å². The molecule has 0 saturated carbocycles. The molecule has 5 rings (SSSR count). The molecule has 0 aliphatic carbocycles. The van der Waals surface area contributed by atoms with Gasteiger partial charge < -0.3 is 13.7 Å². The highest BCUT2D eigenvalue weighted by atomic mass is 35.5. The molecular formula is C24H18ClNO4. The molecule has 0 fully saturated rings. The lowest BCUT2D eigenvalue weighted by molar-refractivity contribution is 0.0701. The molecule has 3 heterocycles. The lowest BCUT2D eigenvalue weighted by atomic mass is 9.97. The van der Waals surface area contributed by atoms with E-state index in [-0.39, 0.29) is 23.6 Å². The SMILES string of the molecule is Cc1cc(C)c2c(=O)c3c(oc2c1)C(=O)N(Cc1ccco1)[C@@H]3c1ccc(Cl)cc1. The summed E-state index contributed by atoms with van der Waals surface area (Å²) < 4.78 is 11.5. The Bertz CT molecular complexity index is 1340. The monoisotopic (exact) mass is 419 g/mol. The second-order valence-electron chi connectivity index (χ2n) is 7.60. The first-order valence-corrected chi connectivity index (χ1v) is 9.98. The zero-order valence-electron chi connectivity index (χ0n) is 16.4. The van der Waals surface area contributed by atoms with Crippen LogP contribution in [0.4, 0.5) is 0 Å². The average Bonchev–Trinajstić information content (AvgIpc) is 3.30. The Kier molecular flexibility index (Phi) is 4.29. The fourth-order valence-corrected chi connectivity index (χ4v) is 4.36. The Hall–Kier alpha value is -3.31. The van der Waals surface area contributed by atoms with E-state index in [1.54, 1.807) is 41.5 Å². The molecule has 5 nitrogen and oxygen atoms in total. The summed E-state index contributed by atoms with van der Waals surface area (Å²) in [4.78, 5) is 28.6. The molecule has 2 aromatic carbocycles. The van der Waals surface area contributed by atoms with Crippen LogP contribution in [0.15, 0.2) is 68.4 Å². The van der Waals surface area contributed by atoms with Gasteiger partial charge in [0.1, 0.15) is 11.3 Å². The van der Waals surface area contributed by atoms with Gasteiger partial charge in [-0.25, -0.2) is 0 Å². The van der Waals surface area contributed by atoms with Gasteiger partial charge in [0.05, 0.1) is 29.8 Å². The number of carbonyl (C=O) groups excluding carboxylic acids is 1. The van der Waals surface area contributed by atoms with Crippen LogP contribution >= 0.6 is 11.6 Å². The molecule has 0 spiro atoms. The molecule has 1 atom stereocenters. The number of hydrogen-bond acceptors (Lipinski definition) is 4. The molecule has 150 valence electrons. The standard InChI is InChI=1S/C24H18ClNO4/c1-13-10-14(2)19-18(11-13)30-23-20(22(19)27)21(15-5-7-16(25)8-6-15)26(24(23)28)12-17-4-3-9-29-17/h3-11,21H,12H2,1-2H3/t21-/m1/s1. The maximum Gasteiger partial charge on any atom is 0.291 e. The highest BCUT2D eigenvalue weighted by Crippen LogP contribution is 2.39. The van der Waals surface area contributed by atoms with Crippen molar-refractivity contribution in [2.24, 2.45) is 0 Å². The topological polar surface area (TPSA) is 63.7 Å². The van der Waals surface area contributed by atoms with Crippen LogP contribution in [0.25, 0.3) is 11.0 Å². The van der Waals surface area contributed by atoms with Crippen molar-refractivity contribution in [1.82, 2.24) is 4.90 Å². The predicted molar refractivity (Wildman–Crippen MR) is 114 cm³/mol. The van der Waals surface area contributed by atoms with E-state index in [1.165, 1.54) is 0 Å². The van der Waals surface area contributed by atoms with Crippen LogP contribution in [0.1, 0.15) is 44.6 Å². The summed E-state index contributed by atoms with van der Waals surface area (Å²) in [6, 6.07) is 13.9. The van der Waals surface area contributed by atoms with E-state index < -0.39 is 6.04 Å². The summed E-state index contributed by atoms with van der Waals surface area (Å²) in [7, 11) is 0. The van der Waals surface area contributed by atoms with Crippen molar-refractivity contribution in [3.63, 3.8) is 0 Å². The van der Waals surface area contributed by atoms with Crippen LogP contribution in [0.2, 0.25) is 5.02 Å². The molecule has 30 heavy (non-hydrogen) atoms. The van der Waals surface area contributed by atoms with Gasteiger partial charge in [-0.15, -0.1) is 0 Å². The number of halogens is 1. The molecule has 2 aromatic heterocycles. The van der Waals surface area contributed by atoms with Gasteiger partial charge in [0, 0.05) is 5.02 Å². The van der Waals surface area contributed by atoms with Crippen LogP contribution in [0, 0.1) is 13.8 Å². The van der Waals surface area contributed by atoms with Crippen molar-refractivity contribution in [2.45, 2.75) is 26.4 Å². The van der Waals surface area contributed by atoms with Crippen molar-refractivity contribution < 1.29 is 13.6 Å². The number of nitrogens with zero attached hydrogens (tertiary/aromatic N) is 1. The summed E-state index contributed by atoms with van der Waals surface area (Å²) in [5.74, 6) is 0.377. The van der Waals surface area contributed by atoms with E-state index in [0.717, 1.165) is 16.7 Å². The number of amides is 1. The lowest BCUT2D eigenvalue weighted by Crippen LogP contribution is -2.29. The molecule has 1 aliphatic rings. The smallest absolute Gasteiger partial charge is 0.291 e. The van der Waals surface area contributed by atoms with Gasteiger partial charge in [-0.3, -0.25) is 9.59 Å². The minimum atomic E-state index is -0.587. The molecule has 0 saturated heterocycles. The quantitative estimate of drug-likeness (QED) is 0.446. The second-order valence-corrected chi connectivity index (χ2v) is 8.03. The van der Waals surface area contributed by atoms with E-state index >= 15 is 0 Å². The average molecular weight is 420 g/mol. The van der Waals surface area contributed by atoms with E-state index in [2.05, 4.69) is 0 Å². The fraction of sp³-hybridized carbons (Fsp3) is 0.167. The maximum absolute atomic E-state index is 13.6. The Morgan fingerprint density at radius 1 is 1.07 bits per heavy atom. The van der Waals surface area contributed by atoms with Gasteiger partial charge in [-0.1, -0.05) is 29.8 Å². The third-order valence-corrected chi connectivity index (χ3v) is 5.76. The molecule has 6 heteroatoms. The first-order valence-electron chi connectivity index (χ1n) is 9.61. The van der Waals surface area contributed by atoms with Gasteiger partial charge in [0.25, 0.3) is 5.91 Å². The number of benzene rings is 2. The number of fused-ring (bicyclic) bond motifs is 2. The highest BCUT2D eigenvalue weighted by Gasteiger charge is 2.43. The van der Waals surface area contributed by atoms with Crippen LogP contribution in [-0.2, 0) is 6.54 Å². The Labute approximate surface area is 177 Å². The Morgan fingerprint density at radius 3 is 2.53 bits per heavy atom. The molecule has 0 bridgehead atoms. The molecule has 4 aromatic rings. The summed E-state index contributed by atoms with van der Waals surface area (Å²) in [5, 5.41) is 1.09. The fourth-order valence-electron chi connectivity index (χ4n) is 4.24. The maximum atomic E-state index is 13.6. The van der Waals surface area contributed by atoms with E-state index in [4.69, 9.17) is 20.4 Å². The van der Waals surface area contributed by atoms with Crippen molar-refractivity contribution in [3.8, 4) is 0 Å². The molecule has 0 N–H and O–H groups in total. The second kappa shape index (κ2) is 6.89. The minimum Gasteiger partial charge on any atom is -0.467 e. The Morgan fingerprint density at radius 2 is 1.83 bits per heavy atom. The Balaban J connectivity index is 1.78. The zero-order chi connectivity index (χ0) is 21.0. The number of aryl methyl sites for hydroxylation is 2.